The van der Waals surface area contributed by atoms with E-state index < -0.39 is 5.24 Å². The summed E-state index contributed by atoms with van der Waals surface area (Å²) in [5.41, 5.74) is 1.34. The number of rotatable bonds is 2. The van der Waals surface area contributed by atoms with E-state index in [1.54, 1.807) is 30.3 Å². The molecule has 0 heterocycles. The summed E-state index contributed by atoms with van der Waals surface area (Å²) in [7, 11) is 0. The van der Waals surface area contributed by atoms with Gasteiger partial charge in [-0.25, -0.2) is 4.85 Å². The molecule has 0 saturated heterocycles. The Kier molecular flexibility index (Phi) is 3.24. The van der Waals surface area contributed by atoms with Gasteiger partial charge in [0.1, 0.15) is 0 Å². The van der Waals surface area contributed by atoms with E-state index in [-0.39, 0.29) is 0 Å². The molecule has 0 aliphatic heterocycles. The van der Waals surface area contributed by atoms with Gasteiger partial charge in [0.15, 0.2) is 5.69 Å². The molecule has 0 N–H and O–H groups in total. The number of allylic oxidation sites excluding steroid dienone is 1. The second-order valence-corrected chi connectivity index (χ2v) is 2.72. The number of carbonyl (C=O) groups excluding carboxylic acids is 1. The third-order valence-corrected chi connectivity index (χ3v) is 1.53. The number of hydrogen-bond acceptors (Lipinski definition) is 1. The molecule has 0 spiro atoms. The fourth-order valence-corrected chi connectivity index (χ4v) is 0.923. The first kappa shape index (κ1) is 9.50. The first-order valence-electron chi connectivity index (χ1n) is 3.57. The minimum absolute atomic E-state index is 0.520. The van der Waals surface area contributed by atoms with Gasteiger partial charge in [0.2, 0.25) is 5.24 Å². The zero-order chi connectivity index (χ0) is 9.68. The maximum absolute atomic E-state index is 10.4. The third-order valence-electron chi connectivity index (χ3n) is 1.41. The molecule has 13 heavy (non-hydrogen) atoms. The van der Waals surface area contributed by atoms with Gasteiger partial charge in [0.25, 0.3) is 0 Å². The highest BCUT2D eigenvalue weighted by atomic mass is 35.5. The maximum atomic E-state index is 10.4. The van der Waals surface area contributed by atoms with Crippen LogP contribution < -0.4 is 0 Å². The molecule has 1 aromatic rings. The minimum atomic E-state index is -0.520. The van der Waals surface area contributed by atoms with Crippen LogP contribution in [0.2, 0.25) is 0 Å². The molecule has 0 aromatic heterocycles. The summed E-state index contributed by atoms with van der Waals surface area (Å²) in [5, 5.41) is -0.520. The number of nitrogens with zero attached hydrogens (tertiary/aromatic N) is 1. The predicted molar refractivity (Wildman–Crippen MR) is 52.6 cm³/mol. The lowest BCUT2D eigenvalue weighted by molar-refractivity contribution is -0.107. The quantitative estimate of drug-likeness (QED) is 0.400. The number of halogens is 1. The molecule has 0 saturated carbocycles. The summed E-state index contributed by atoms with van der Waals surface area (Å²) < 4.78 is 0. The lowest BCUT2D eigenvalue weighted by Crippen LogP contribution is -1.75. The molecule has 0 aliphatic rings. The molecular weight excluding hydrogens is 186 g/mol. The number of hydrogen-bond donors (Lipinski definition) is 0. The second kappa shape index (κ2) is 4.44. The average molecular weight is 192 g/mol. The van der Waals surface area contributed by atoms with Crippen LogP contribution in [0.5, 0.6) is 0 Å². The van der Waals surface area contributed by atoms with Gasteiger partial charge < -0.3 is 0 Å². The lowest BCUT2D eigenvalue weighted by atomic mass is 10.2. The smallest absolute Gasteiger partial charge is 0.245 e. The largest absolute Gasteiger partial charge is 0.276 e. The molecule has 0 atom stereocenters. The van der Waals surface area contributed by atoms with Crippen LogP contribution in [0.25, 0.3) is 10.9 Å². The van der Waals surface area contributed by atoms with Crippen LogP contribution in [0.3, 0.4) is 0 Å². The van der Waals surface area contributed by atoms with Crippen molar-refractivity contribution in [2.75, 3.05) is 0 Å². The minimum Gasteiger partial charge on any atom is -0.276 e. The Hall–Kier alpha value is -1.59. The van der Waals surface area contributed by atoms with E-state index in [1.807, 2.05) is 0 Å². The Morgan fingerprint density at radius 2 is 2.31 bits per heavy atom. The molecule has 0 amide bonds. The summed E-state index contributed by atoms with van der Waals surface area (Å²) in [6.45, 7) is 6.76. The zero-order valence-corrected chi connectivity index (χ0v) is 7.45. The van der Waals surface area contributed by atoms with Crippen molar-refractivity contribution in [1.29, 1.82) is 0 Å². The van der Waals surface area contributed by atoms with Gasteiger partial charge in [-0.05, 0) is 29.3 Å². The highest BCUT2D eigenvalue weighted by Crippen LogP contribution is 2.14. The van der Waals surface area contributed by atoms with Gasteiger partial charge >= 0.3 is 0 Å². The fourth-order valence-electron chi connectivity index (χ4n) is 0.860. The predicted octanol–water partition coefficient (Wildman–Crippen LogP) is 3.02. The van der Waals surface area contributed by atoms with Crippen LogP contribution in [0.4, 0.5) is 5.69 Å². The fraction of sp³-hybridized carbons (Fsp3) is 0. The van der Waals surface area contributed by atoms with E-state index in [9.17, 15) is 4.79 Å². The number of carbonyl (C=O) groups is 1. The van der Waals surface area contributed by atoms with Crippen LogP contribution in [0.15, 0.2) is 30.3 Å². The SMILES string of the molecule is [C-]#[N+]c1cccc(/C=C/C(=O)Cl)c1. The van der Waals surface area contributed by atoms with Crippen molar-refractivity contribution < 1.29 is 4.79 Å². The molecule has 2 nitrogen and oxygen atoms in total. The molecule has 3 heteroatoms. The molecular formula is C10H6ClNO. The average Bonchev–Trinajstić information content (AvgIpc) is 2.15. The van der Waals surface area contributed by atoms with Gasteiger partial charge in [0, 0.05) is 0 Å². The monoisotopic (exact) mass is 191 g/mol. The molecule has 0 aliphatic carbocycles. The molecule has 0 fully saturated rings. The van der Waals surface area contributed by atoms with Crippen molar-refractivity contribution in [3.05, 3.63) is 47.3 Å². The second-order valence-electron chi connectivity index (χ2n) is 2.34. The summed E-state index contributed by atoms with van der Waals surface area (Å²) in [4.78, 5) is 13.6. The van der Waals surface area contributed by atoms with E-state index >= 15 is 0 Å². The van der Waals surface area contributed by atoms with Crippen molar-refractivity contribution >= 4 is 28.6 Å². The maximum Gasteiger partial charge on any atom is 0.245 e. The van der Waals surface area contributed by atoms with Crippen LogP contribution in [0, 0.1) is 6.57 Å². The Bertz CT molecular complexity index is 390. The van der Waals surface area contributed by atoms with Gasteiger partial charge in [-0.2, -0.15) is 0 Å². The van der Waals surface area contributed by atoms with E-state index in [0.29, 0.717) is 5.69 Å². The van der Waals surface area contributed by atoms with Crippen molar-refractivity contribution in [2.24, 2.45) is 0 Å². The highest BCUT2D eigenvalue weighted by Gasteiger charge is 1.91. The van der Waals surface area contributed by atoms with Crippen LogP contribution in [-0.4, -0.2) is 5.24 Å². The lowest BCUT2D eigenvalue weighted by Gasteiger charge is -1.92. The Labute approximate surface area is 81.3 Å². The van der Waals surface area contributed by atoms with Crippen molar-refractivity contribution in [3.8, 4) is 0 Å². The molecule has 1 aromatic carbocycles. The first-order valence-corrected chi connectivity index (χ1v) is 3.95. The normalized spacial score (nSPS) is 9.85. The van der Waals surface area contributed by atoms with Gasteiger partial charge in [0.05, 0.1) is 6.57 Å². The van der Waals surface area contributed by atoms with E-state index in [2.05, 4.69) is 4.85 Å². The first-order chi connectivity index (χ1) is 6.22. The van der Waals surface area contributed by atoms with Crippen molar-refractivity contribution in [2.45, 2.75) is 0 Å². The van der Waals surface area contributed by atoms with Gasteiger partial charge in [-0.3, -0.25) is 4.79 Å². The van der Waals surface area contributed by atoms with Crippen molar-refractivity contribution in [3.63, 3.8) is 0 Å². The van der Waals surface area contributed by atoms with Crippen LogP contribution in [0.1, 0.15) is 5.56 Å². The van der Waals surface area contributed by atoms with Crippen LogP contribution >= 0.6 is 11.6 Å². The van der Waals surface area contributed by atoms with Crippen molar-refractivity contribution in [1.82, 2.24) is 0 Å². The van der Waals surface area contributed by atoms with E-state index in [1.165, 1.54) is 6.08 Å². The highest BCUT2D eigenvalue weighted by molar-refractivity contribution is 6.66. The van der Waals surface area contributed by atoms with Gasteiger partial charge in [-0.1, -0.05) is 24.3 Å². The Morgan fingerprint density at radius 1 is 1.54 bits per heavy atom. The molecule has 64 valence electrons. The van der Waals surface area contributed by atoms with Gasteiger partial charge in [-0.15, -0.1) is 0 Å². The summed E-state index contributed by atoms with van der Waals surface area (Å²) in [6.07, 6.45) is 2.83. The molecule has 1 rings (SSSR count). The van der Waals surface area contributed by atoms with Crippen LogP contribution in [-0.2, 0) is 4.79 Å². The molecule has 0 bridgehead atoms. The Morgan fingerprint density at radius 3 is 2.92 bits per heavy atom. The molecule has 0 unspecified atom stereocenters. The third kappa shape index (κ3) is 3.10. The number of benzene rings is 1. The summed E-state index contributed by atoms with van der Waals surface area (Å²) in [6, 6.07) is 6.94. The zero-order valence-electron chi connectivity index (χ0n) is 6.70. The van der Waals surface area contributed by atoms with E-state index in [4.69, 9.17) is 18.2 Å². The topological polar surface area (TPSA) is 21.4 Å². The summed E-state index contributed by atoms with van der Waals surface area (Å²) in [5.74, 6) is 0. The standard InChI is InChI=1S/C10H6ClNO/c1-12-9-4-2-3-8(7-9)5-6-10(11)13/h2-7H/b6-5+. The molecule has 0 radical (unpaired) electrons. The summed E-state index contributed by atoms with van der Waals surface area (Å²) >= 11 is 5.12. The Balaban J connectivity index is 2.91. The van der Waals surface area contributed by atoms with E-state index in [0.717, 1.165) is 5.56 Å².